The summed E-state index contributed by atoms with van der Waals surface area (Å²) in [5.41, 5.74) is 0. The number of Topliss-reactive ketones (excluding diaryl/α,β-unsaturated/α-hetero) is 1. The fourth-order valence-corrected chi connectivity index (χ4v) is 1.19. The summed E-state index contributed by atoms with van der Waals surface area (Å²) in [6.45, 7) is 2.68. The van der Waals surface area contributed by atoms with Gasteiger partial charge in [-0.05, 0) is 31.9 Å². The molecule has 0 saturated heterocycles. The van der Waals surface area contributed by atoms with Gasteiger partial charge in [0.1, 0.15) is 5.78 Å². The van der Waals surface area contributed by atoms with Gasteiger partial charge in [0.05, 0.1) is 0 Å². The third-order valence-electron chi connectivity index (χ3n) is 1.86. The van der Waals surface area contributed by atoms with Crippen molar-refractivity contribution in [2.24, 2.45) is 0 Å². The van der Waals surface area contributed by atoms with Crippen molar-refractivity contribution in [3.8, 4) is 0 Å². The van der Waals surface area contributed by atoms with Crippen LogP contribution in [0.5, 0.6) is 0 Å². The molecule has 0 atom stereocenters. The lowest BCUT2D eigenvalue weighted by molar-refractivity contribution is -0.117. The average molecular weight is 165 g/mol. The lowest BCUT2D eigenvalue weighted by Crippen LogP contribution is -1.96. The number of nitrogens with zero attached hydrogens (tertiary/aromatic N) is 1. The first-order valence-corrected chi connectivity index (χ1v) is 4.39. The zero-order valence-corrected chi connectivity index (χ0v) is 7.49. The van der Waals surface area contributed by atoms with Crippen molar-refractivity contribution in [2.45, 2.75) is 32.7 Å². The van der Waals surface area contributed by atoms with Crippen LogP contribution in [-0.2, 0) is 11.3 Å². The number of aromatic nitrogens is 1. The standard InChI is InChI=1S/C10H15NO/c1-10(12)6-2-3-7-11-8-4-5-9-11/h4-5,8-9H,2-3,6-7H2,1H3. The molecule has 1 rings (SSSR count). The van der Waals surface area contributed by atoms with Gasteiger partial charge in [0.15, 0.2) is 0 Å². The Morgan fingerprint density at radius 2 is 1.92 bits per heavy atom. The normalized spacial score (nSPS) is 10.1. The number of ketones is 1. The summed E-state index contributed by atoms with van der Waals surface area (Å²) in [5, 5.41) is 0. The molecule has 1 aromatic heterocycles. The first kappa shape index (κ1) is 9.04. The minimum absolute atomic E-state index is 0.294. The first-order valence-electron chi connectivity index (χ1n) is 4.39. The van der Waals surface area contributed by atoms with Crippen molar-refractivity contribution in [1.29, 1.82) is 0 Å². The molecule has 0 aliphatic heterocycles. The van der Waals surface area contributed by atoms with Crippen LogP contribution in [0.3, 0.4) is 0 Å². The highest BCUT2D eigenvalue weighted by atomic mass is 16.1. The van der Waals surface area contributed by atoms with E-state index in [1.807, 2.05) is 24.5 Å². The van der Waals surface area contributed by atoms with E-state index in [0.29, 0.717) is 5.78 Å². The highest BCUT2D eigenvalue weighted by molar-refractivity contribution is 5.75. The molecule has 0 radical (unpaired) electrons. The number of unbranched alkanes of at least 4 members (excludes halogenated alkanes) is 1. The third kappa shape index (κ3) is 3.37. The lowest BCUT2D eigenvalue weighted by atomic mass is 10.2. The van der Waals surface area contributed by atoms with Crippen molar-refractivity contribution < 1.29 is 4.79 Å². The second-order valence-corrected chi connectivity index (χ2v) is 3.08. The maximum Gasteiger partial charge on any atom is 0.129 e. The van der Waals surface area contributed by atoms with Crippen LogP contribution in [0.15, 0.2) is 24.5 Å². The molecule has 0 aliphatic rings. The number of aryl methyl sites for hydroxylation is 1. The van der Waals surface area contributed by atoms with Crippen LogP contribution >= 0.6 is 0 Å². The smallest absolute Gasteiger partial charge is 0.129 e. The van der Waals surface area contributed by atoms with E-state index in [2.05, 4.69) is 4.57 Å². The van der Waals surface area contributed by atoms with Gasteiger partial charge in [-0.2, -0.15) is 0 Å². The fraction of sp³-hybridized carbons (Fsp3) is 0.500. The second-order valence-electron chi connectivity index (χ2n) is 3.08. The first-order chi connectivity index (χ1) is 5.79. The van der Waals surface area contributed by atoms with Crippen molar-refractivity contribution in [3.05, 3.63) is 24.5 Å². The molecule has 0 spiro atoms. The molecule has 0 N–H and O–H groups in total. The largest absolute Gasteiger partial charge is 0.354 e. The predicted octanol–water partition coefficient (Wildman–Crippen LogP) is 2.25. The van der Waals surface area contributed by atoms with Gasteiger partial charge < -0.3 is 9.36 Å². The molecule has 0 fully saturated rings. The van der Waals surface area contributed by atoms with Crippen LogP contribution in [0.2, 0.25) is 0 Å². The van der Waals surface area contributed by atoms with Crippen LogP contribution < -0.4 is 0 Å². The second kappa shape index (κ2) is 4.75. The van der Waals surface area contributed by atoms with Crippen LogP contribution in [0.25, 0.3) is 0 Å². The molecule has 0 bridgehead atoms. The number of hydrogen-bond acceptors (Lipinski definition) is 1. The minimum atomic E-state index is 0.294. The van der Waals surface area contributed by atoms with Crippen molar-refractivity contribution >= 4 is 5.78 Å². The van der Waals surface area contributed by atoms with E-state index in [1.165, 1.54) is 0 Å². The van der Waals surface area contributed by atoms with Gasteiger partial charge in [0.25, 0.3) is 0 Å². The summed E-state index contributed by atoms with van der Waals surface area (Å²) in [6.07, 6.45) is 6.92. The molecular formula is C10H15NO. The molecule has 12 heavy (non-hydrogen) atoms. The predicted molar refractivity (Wildman–Crippen MR) is 49.0 cm³/mol. The zero-order chi connectivity index (χ0) is 8.81. The SMILES string of the molecule is CC(=O)CCCCn1cccc1. The van der Waals surface area contributed by atoms with E-state index < -0.39 is 0 Å². The number of carbonyl (C=O) groups excluding carboxylic acids is 1. The van der Waals surface area contributed by atoms with Gasteiger partial charge in [-0.1, -0.05) is 0 Å². The number of carbonyl (C=O) groups is 1. The Balaban J connectivity index is 2.07. The molecule has 1 aromatic rings. The van der Waals surface area contributed by atoms with Gasteiger partial charge >= 0.3 is 0 Å². The molecule has 0 amide bonds. The summed E-state index contributed by atoms with van der Waals surface area (Å²) < 4.78 is 2.14. The summed E-state index contributed by atoms with van der Waals surface area (Å²) in [7, 11) is 0. The molecule has 0 aliphatic carbocycles. The topological polar surface area (TPSA) is 22.0 Å². The summed E-state index contributed by atoms with van der Waals surface area (Å²) >= 11 is 0. The van der Waals surface area contributed by atoms with Gasteiger partial charge in [0.2, 0.25) is 0 Å². The molecule has 66 valence electrons. The molecule has 0 aromatic carbocycles. The molecule has 0 saturated carbocycles. The van der Waals surface area contributed by atoms with Crippen LogP contribution in [0.1, 0.15) is 26.2 Å². The van der Waals surface area contributed by atoms with Crippen molar-refractivity contribution in [2.75, 3.05) is 0 Å². The summed E-state index contributed by atoms with van der Waals surface area (Å²) in [5.74, 6) is 0.294. The average Bonchev–Trinajstić information content (AvgIpc) is 2.49. The number of rotatable bonds is 5. The molecule has 2 nitrogen and oxygen atoms in total. The van der Waals surface area contributed by atoms with Crippen LogP contribution in [0.4, 0.5) is 0 Å². The van der Waals surface area contributed by atoms with Crippen molar-refractivity contribution in [3.63, 3.8) is 0 Å². The Kier molecular flexibility index (Phi) is 3.58. The Bertz CT molecular complexity index is 226. The summed E-state index contributed by atoms with van der Waals surface area (Å²) in [6, 6.07) is 4.04. The Hall–Kier alpha value is -1.05. The Morgan fingerprint density at radius 3 is 2.50 bits per heavy atom. The van der Waals surface area contributed by atoms with E-state index in [9.17, 15) is 4.79 Å². The molecule has 2 heteroatoms. The van der Waals surface area contributed by atoms with Crippen LogP contribution in [0, 0.1) is 0 Å². The van der Waals surface area contributed by atoms with E-state index in [-0.39, 0.29) is 0 Å². The van der Waals surface area contributed by atoms with Gasteiger partial charge in [0, 0.05) is 25.4 Å². The zero-order valence-electron chi connectivity index (χ0n) is 7.49. The molecular weight excluding hydrogens is 150 g/mol. The van der Waals surface area contributed by atoms with Crippen molar-refractivity contribution in [1.82, 2.24) is 4.57 Å². The van der Waals surface area contributed by atoms with E-state index in [4.69, 9.17) is 0 Å². The van der Waals surface area contributed by atoms with E-state index >= 15 is 0 Å². The quantitative estimate of drug-likeness (QED) is 0.613. The monoisotopic (exact) mass is 165 g/mol. The fourth-order valence-electron chi connectivity index (χ4n) is 1.19. The number of hydrogen-bond donors (Lipinski definition) is 0. The third-order valence-corrected chi connectivity index (χ3v) is 1.86. The lowest BCUT2D eigenvalue weighted by Gasteiger charge is -2.00. The van der Waals surface area contributed by atoms with Gasteiger partial charge in [-0.15, -0.1) is 0 Å². The molecule has 0 unspecified atom stereocenters. The highest BCUT2D eigenvalue weighted by Gasteiger charge is 1.93. The summed E-state index contributed by atoms with van der Waals surface area (Å²) in [4.78, 5) is 10.6. The van der Waals surface area contributed by atoms with E-state index in [1.54, 1.807) is 6.92 Å². The van der Waals surface area contributed by atoms with Gasteiger partial charge in [-0.3, -0.25) is 0 Å². The highest BCUT2D eigenvalue weighted by Crippen LogP contribution is 2.00. The maximum absolute atomic E-state index is 10.6. The Morgan fingerprint density at radius 1 is 1.25 bits per heavy atom. The van der Waals surface area contributed by atoms with Gasteiger partial charge in [-0.25, -0.2) is 0 Å². The Labute approximate surface area is 73.2 Å². The van der Waals surface area contributed by atoms with Crippen LogP contribution in [-0.4, -0.2) is 10.4 Å². The minimum Gasteiger partial charge on any atom is -0.354 e. The molecule has 1 heterocycles. The maximum atomic E-state index is 10.6. The van der Waals surface area contributed by atoms with E-state index in [0.717, 1.165) is 25.8 Å².